The van der Waals surface area contributed by atoms with Crippen LogP contribution in [0.2, 0.25) is 0 Å². The van der Waals surface area contributed by atoms with Gasteiger partial charge in [-0.1, -0.05) is 0 Å². The van der Waals surface area contributed by atoms with Gasteiger partial charge in [0, 0.05) is 24.2 Å². The second kappa shape index (κ2) is 5.40. The Kier molecular flexibility index (Phi) is 3.46. The minimum absolute atomic E-state index is 0.699. The molecule has 0 unspecified atom stereocenters. The normalized spacial score (nSPS) is 14.7. The number of benzene rings is 1. The lowest BCUT2D eigenvalue weighted by atomic mass is 10.2. The number of rotatable bonds is 6. The van der Waals surface area contributed by atoms with E-state index in [1.807, 2.05) is 18.2 Å². The van der Waals surface area contributed by atoms with E-state index in [4.69, 9.17) is 10.5 Å². The maximum Gasteiger partial charge on any atom is 0.137 e. The van der Waals surface area contributed by atoms with Gasteiger partial charge >= 0.3 is 0 Å². The molecule has 1 saturated carbocycles. The van der Waals surface area contributed by atoms with Gasteiger partial charge < -0.3 is 15.8 Å². The number of hydrogen-bond donors (Lipinski definition) is 2. The van der Waals surface area contributed by atoms with Crippen LogP contribution in [0.15, 0.2) is 24.5 Å². The molecule has 19 heavy (non-hydrogen) atoms. The molecule has 0 atom stereocenters. The first kappa shape index (κ1) is 12.2. The van der Waals surface area contributed by atoms with Gasteiger partial charge in [-0.15, -0.1) is 0 Å². The Balaban J connectivity index is 1.61. The van der Waals surface area contributed by atoms with Crippen molar-refractivity contribution in [3.63, 3.8) is 0 Å². The van der Waals surface area contributed by atoms with Crippen molar-refractivity contribution in [3.8, 4) is 0 Å². The van der Waals surface area contributed by atoms with Crippen molar-refractivity contribution in [2.75, 3.05) is 30.8 Å². The third kappa shape index (κ3) is 3.12. The number of aromatic nitrogens is 2. The van der Waals surface area contributed by atoms with Crippen molar-refractivity contribution >= 4 is 22.4 Å². The molecule has 1 aliphatic rings. The van der Waals surface area contributed by atoms with Crippen LogP contribution < -0.4 is 11.1 Å². The zero-order chi connectivity index (χ0) is 13.1. The monoisotopic (exact) mass is 258 g/mol. The highest BCUT2D eigenvalue weighted by Gasteiger charge is 2.20. The molecule has 0 radical (unpaired) electrons. The van der Waals surface area contributed by atoms with E-state index in [0.717, 1.165) is 41.5 Å². The van der Waals surface area contributed by atoms with E-state index in [-0.39, 0.29) is 0 Å². The number of nitrogen functional groups attached to an aromatic ring is 1. The lowest BCUT2D eigenvalue weighted by Gasteiger charge is -2.09. The second-order valence-electron chi connectivity index (χ2n) is 4.94. The number of hydrogen-bond acceptors (Lipinski definition) is 5. The molecule has 2 aromatic rings. The molecule has 0 spiro atoms. The lowest BCUT2D eigenvalue weighted by molar-refractivity contribution is 0.134. The van der Waals surface area contributed by atoms with Crippen LogP contribution in [0.5, 0.6) is 0 Å². The van der Waals surface area contributed by atoms with Gasteiger partial charge in [-0.2, -0.15) is 0 Å². The topological polar surface area (TPSA) is 73.1 Å². The van der Waals surface area contributed by atoms with Crippen molar-refractivity contribution in [1.82, 2.24) is 9.97 Å². The number of nitrogens with two attached hydrogens (primary N) is 1. The van der Waals surface area contributed by atoms with E-state index in [0.29, 0.717) is 6.61 Å². The molecule has 0 saturated heterocycles. The van der Waals surface area contributed by atoms with Crippen LogP contribution in [-0.4, -0.2) is 29.7 Å². The molecule has 1 aromatic carbocycles. The van der Waals surface area contributed by atoms with E-state index < -0.39 is 0 Å². The summed E-state index contributed by atoms with van der Waals surface area (Å²) in [5.74, 6) is 1.62. The molecule has 1 fully saturated rings. The van der Waals surface area contributed by atoms with Crippen LogP contribution in [0, 0.1) is 5.92 Å². The number of nitrogens with one attached hydrogen (secondary N) is 1. The summed E-state index contributed by atoms with van der Waals surface area (Å²) in [6, 6.07) is 5.64. The molecule has 0 amide bonds. The van der Waals surface area contributed by atoms with Crippen LogP contribution in [0.1, 0.15) is 12.8 Å². The first-order valence-electron chi connectivity index (χ1n) is 6.65. The molecule has 3 rings (SSSR count). The van der Waals surface area contributed by atoms with Gasteiger partial charge in [-0.25, -0.2) is 9.97 Å². The predicted molar refractivity (Wildman–Crippen MR) is 76.0 cm³/mol. The third-order valence-corrected chi connectivity index (χ3v) is 3.25. The quantitative estimate of drug-likeness (QED) is 0.613. The average molecular weight is 258 g/mol. The fourth-order valence-electron chi connectivity index (χ4n) is 1.99. The van der Waals surface area contributed by atoms with Gasteiger partial charge in [0.15, 0.2) is 0 Å². The predicted octanol–water partition coefficient (Wildman–Crippen LogP) is 2.05. The van der Waals surface area contributed by atoms with Gasteiger partial charge in [-0.3, -0.25) is 0 Å². The van der Waals surface area contributed by atoms with Crippen LogP contribution in [0.25, 0.3) is 10.9 Å². The minimum atomic E-state index is 0.699. The Morgan fingerprint density at radius 3 is 3.05 bits per heavy atom. The Bertz CT molecular complexity index is 568. The van der Waals surface area contributed by atoms with Gasteiger partial charge in [0.25, 0.3) is 0 Å². The number of fused-ring (bicyclic) bond motifs is 1. The summed E-state index contributed by atoms with van der Waals surface area (Å²) in [5, 5.41) is 4.23. The van der Waals surface area contributed by atoms with Gasteiger partial charge in [-0.05, 0) is 37.0 Å². The Hall–Kier alpha value is -1.88. The highest BCUT2D eigenvalue weighted by atomic mass is 16.5. The molecule has 0 aliphatic heterocycles. The summed E-state index contributed by atoms with van der Waals surface area (Å²) in [6.45, 7) is 2.33. The fourth-order valence-corrected chi connectivity index (χ4v) is 1.99. The fraction of sp³-hybridized carbons (Fsp3) is 0.429. The van der Waals surface area contributed by atoms with Gasteiger partial charge in [0.1, 0.15) is 12.1 Å². The van der Waals surface area contributed by atoms with Crippen molar-refractivity contribution in [3.05, 3.63) is 24.5 Å². The average Bonchev–Trinajstić information content (AvgIpc) is 3.23. The summed E-state index contributed by atoms with van der Waals surface area (Å²) in [5.41, 5.74) is 7.41. The SMILES string of the molecule is Nc1ccc2ncnc(NCCOCC3CC3)c2c1. The molecule has 1 heterocycles. The van der Waals surface area contributed by atoms with Gasteiger partial charge in [0.05, 0.1) is 12.1 Å². The summed E-state index contributed by atoms with van der Waals surface area (Å²) in [6.07, 6.45) is 4.21. The summed E-state index contributed by atoms with van der Waals surface area (Å²) >= 11 is 0. The first-order chi connectivity index (χ1) is 9.33. The number of ether oxygens (including phenoxy) is 1. The maximum atomic E-state index is 5.80. The summed E-state index contributed by atoms with van der Waals surface area (Å²) in [7, 11) is 0. The Labute approximate surface area is 112 Å². The molecule has 1 aromatic heterocycles. The molecular weight excluding hydrogens is 240 g/mol. The molecule has 1 aliphatic carbocycles. The summed E-state index contributed by atoms with van der Waals surface area (Å²) in [4.78, 5) is 8.48. The zero-order valence-corrected chi connectivity index (χ0v) is 10.8. The molecule has 5 nitrogen and oxygen atoms in total. The van der Waals surface area contributed by atoms with E-state index in [1.54, 1.807) is 6.33 Å². The first-order valence-corrected chi connectivity index (χ1v) is 6.65. The van der Waals surface area contributed by atoms with Crippen LogP contribution in [0.3, 0.4) is 0 Å². The standard InChI is InChI=1S/C14H18N4O/c15-11-3-4-13-12(7-11)14(18-9-17-13)16-5-6-19-8-10-1-2-10/h3-4,7,9-10H,1-2,5-6,8,15H2,(H,16,17,18). The van der Waals surface area contributed by atoms with Crippen molar-refractivity contribution < 1.29 is 4.74 Å². The molecular formula is C14H18N4O. The van der Waals surface area contributed by atoms with Crippen molar-refractivity contribution in [2.45, 2.75) is 12.8 Å². The molecule has 3 N–H and O–H groups in total. The largest absolute Gasteiger partial charge is 0.399 e. The Morgan fingerprint density at radius 2 is 2.21 bits per heavy atom. The highest BCUT2D eigenvalue weighted by molar-refractivity contribution is 5.91. The Morgan fingerprint density at radius 1 is 1.32 bits per heavy atom. The number of anilines is 2. The third-order valence-electron chi connectivity index (χ3n) is 3.25. The van der Waals surface area contributed by atoms with Crippen molar-refractivity contribution in [1.29, 1.82) is 0 Å². The van der Waals surface area contributed by atoms with Crippen LogP contribution >= 0.6 is 0 Å². The maximum absolute atomic E-state index is 5.80. The van der Waals surface area contributed by atoms with E-state index in [1.165, 1.54) is 12.8 Å². The van der Waals surface area contributed by atoms with Crippen LogP contribution in [0.4, 0.5) is 11.5 Å². The molecule has 5 heteroatoms. The minimum Gasteiger partial charge on any atom is -0.399 e. The molecule has 0 bridgehead atoms. The highest BCUT2D eigenvalue weighted by Crippen LogP contribution is 2.28. The molecule has 100 valence electrons. The summed E-state index contributed by atoms with van der Waals surface area (Å²) < 4.78 is 5.58. The van der Waals surface area contributed by atoms with Crippen LogP contribution in [-0.2, 0) is 4.74 Å². The zero-order valence-electron chi connectivity index (χ0n) is 10.8. The van der Waals surface area contributed by atoms with Gasteiger partial charge in [0.2, 0.25) is 0 Å². The second-order valence-corrected chi connectivity index (χ2v) is 4.94. The van der Waals surface area contributed by atoms with E-state index >= 15 is 0 Å². The van der Waals surface area contributed by atoms with E-state index in [2.05, 4.69) is 15.3 Å². The van der Waals surface area contributed by atoms with Crippen molar-refractivity contribution in [2.24, 2.45) is 5.92 Å². The lowest BCUT2D eigenvalue weighted by Crippen LogP contribution is -2.12. The van der Waals surface area contributed by atoms with E-state index in [9.17, 15) is 0 Å². The smallest absolute Gasteiger partial charge is 0.137 e. The number of nitrogens with zero attached hydrogens (tertiary/aromatic N) is 2.